The predicted octanol–water partition coefficient (Wildman–Crippen LogP) is 1.86. The summed E-state index contributed by atoms with van der Waals surface area (Å²) in [5.41, 5.74) is -0.476. The lowest BCUT2D eigenvalue weighted by molar-refractivity contribution is -0.123. The first kappa shape index (κ1) is 18.8. The number of hydrogen-bond acceptors (Lipinski definition) is 5. The average molecular weight is 395 g/mol. The molecule has 2 N–H and O–H groups in total. The van der Waals surface area contributed by atoms with Gasteiger partial charge in [-0.2, -0.15) is 0 Å². The van der Waals surface area contributed by atoms with Crippen molar-refractivity contribution in [2.24, 2.45) is 0 Å². The summed E-state index contributed by atoms with van der Waals surface area (Å²) in [5.74, 6) is 1.08. The van der Waals surface area contributed by atoms with E-state index in [-0.39, 0.29) is 36.8 Å². The number of H-pyrrole nitrogens is 1. The van der Waals surface area contributed by atoms with Crippen molar-refractivity contribution < 1.29 is 14.3 Å². The summed E-state index contributed by atoms with van der Waals surface area (Å²) >= 11 is 0. The Morgan fingerprint density at radius 2 is 1.83 bits per heavy atom. The number of fused-ring (bicyclic) bond motifs is 2. The molecule has 3 aromatic rings. The molecule has 4 rings (SSSR count). The first-order chi connectivity index (χ1) is 13.8. The molecule has 0 saturated carbocycles. The number of benzene rings is 2. The van der Waals surface area contributed by atoms with Crippen LogP contribution in [0.1, 0.15) is 25.8 Å². The minimum absolute atomic E-state index is 0.0438. The predicted molar refractivity (Wildman–Crippen MR) is 107 cm³/mol. The zero-order chi connectivity index (χ0) is 20.6. The zero-order valence-electron chi connectivity index (χ0n) is 16.2. The van der Waals surface area contributed by atoms with Crippen molar-refractivity contribution >= 4 is 16.7 Å². The number of ether oxygens (including phenoxy) is 2. The van der Waals surface area contributed by atoms with Gasteiger partial charge in [-0.25, -0.2) is 4.68 Å². The van der Waals surface area contributed by atoms with E-state index in [1.54, 1.807) is 24.3 Å². The van der Waals surface area contributed by atoms with Crippen LogP contribution in [0.3, 0.4) is 0 Å². The van der Waals surface area contributed by atoms with Gasteiger partial charge < -0.3 is 14.8 Å². The third-order valence-electron chi connectivity index (χ3n) is 4.99. The number of nitrogens with one attached hydrogen (secondary N) is 2. The minimum atomic E-state index is -0.653. The van der Waals surface area contributed by atoms with Crippen LogP contribution in [0, 0.1) is 0 Å². The van der Waals surface area contributed by atoms with Crippen LogP contribution < -0.4 is 25.9 Å². The molecule has 8 nitrogen and oxygen atoms in total. The van der Waals surface area contributed by atoms with Gasteiger partial charge in [0.05, 0.1) is 22.9 Å². The highest BCUT2D eigenvalue weighted by molar-refractivity contribution is 5.80. The summed E-state index contributed by atoms with van der Waals surface area (Å²) in [6.45, 7) is 4.02. The van der Waals surface area contributed by atoms with Gasteiger partial charge in [-0.05, 0) is 43.7 Å². The van der Waals surface area contributed by atoms with E-state index in [0.29, 0.717) is 22.3 Å². The summed E-state index contributed by atoms with van der Waals surface area (Å²) < 4.78 is 11.9. The van der Waals surface area contributed by atoms with Crippen molar-refractivity contribution in [2.45, 2.75) is 32.4 Å². The average Bonchev–Trinajstić information content (AvgIpc) is 3.17. The number of hydrogen-bond donors (Lipinski definition) is 2. The number of aromatic amines is 1. The molecular formula is C21H21N3O5. The summed E-state index contributed by atoms with van der Waals surface area (Å²) in [6, 6.07) is 12.1. The second kappa shape index (κ2) is 7.12. The molecule has 0 aliphatic carbocycles. The topological polar surface area (TPSA) is 102 Å². The van der Waals surface area contributed by atoms with Crippen molar-refractivity contribution in [1.29, 1.82) is 0 Å². The van der Waals surface area contributed by atoms with E-state index in [2.05, 4.69) is 10.4 Å². The fourth-order valence-electron chi connectivity index (χ4n) is 3.39. The maximum absolute atomic E-state index is 12.5. The highest BCUT2D eigenvalue weighted by Crippen LogP contribution is 2.35. The molecule has 29 heavy (non-hydrogen) atoms. The van der Waals surface area contributed by atoms with Crippen molar-refractivity contribution in [3.63, 3.8) is 0 Å². The van der Waals surface area contributed by atoms with Gasteiger partial charge in [0.1, 0.15) is 0 Å². The molecule has 150 valence electrons. The van der Waals surface area contributed by atoms with Gasteiger partial charge in [0.15, 0.2) is 11.5 Å². The molecule has 1 aliphatic heterocycles. The van der Waals surface area contributed by atoms with Gasteiger partial charge >= 0.3 is 0 Å². The van der Waals surface area contributed by atoms with Gasteiger partial charge in [-0.3, -0.25) is 19.5 Å². The molecule has 1 amide bonds. The fraction of sp³-hybridized carbons (Fsp3) is 0.286. The maximum Gasteiger partial charge on any atom is 0.273 e. The molecule has 0 bridgehead atoms. The van der Waals surface area contributed by atoms with Crippen LogP contribution in [0.4, 0.5) is 0 Å². The second-order valence-corrected chi connectivity index (χ2v) is 7.43. The molecule has 0 radical (unpaired) electrons. The number of rotatable bonds is 5. The van der Waals surface area contributed by atoms with Crippen LogP contribution in [-0.2, 0) is 16.9 Å². The number of carbonyl (C=O) groups is 1. The first-order valence-corrected chi connectivity index (χ1v) is 9.28. The number of amides is 1. The van der Waals surface area contributed by atoms with Crippen molar-refractivity contribution in [2.75, 3.05) is 6.79 Å². The Balaban J connectivity index is 1.48. The van der Waals surface area contributed by atoms with Crippen molar-refractivity contribution in [3.05, 3.63) is 68.7 Å². The van der Waals surface area contributed by atoms with Crippen LogP contribution in [0.15, 0.2) is 52.1 Å². The van der Waals surface area contributed by atoms with E-state index in [9.17, 15) is 14.4 Å². The number of aryl methyl sites for hydroxylation is 1. The van der Waals surface area contributed by atoms with Gasteiger partial charge in [0.25, 0.3) is 11.1 Å². The third-order valence-corrected chi connectivity index (χ3v) is 4.99. The van der Waals surface area contributed by atoms with Crippen LogP contribution in [-0.4, -0.2) is 22.5 Å². The number of carbonyl (C=O) groups excluding carboxylic acids is 1. The van der Waals surface area contributed by atoms with E-state index in [0.717, 1.165) is 5.56 Å². The number of nitrogens with zero attached hydrogens (tertiary/aromatic N) is 1. The lowest BCUT2D eigenvalue weighted by atomic mass is 9.93. The maximum atomic E-state index is 12.5. The molecule has 0 unspecified atom stereocenters. The van der Waals surface area contributed by atoms with Crippen LogP contribution in [0.25, 0.3) is 10.8 Å². The molecule has 1 aliphatic rings. The van der Waals surface area contributed by atoms with Crippen molar-refractivity contribution in [3.8, 4) is 11.5 Å². The molecule has 0 spiro atoms. The Hall–Kier alpha value is -3.55. The van der Waals surface area contributed by atoms with Gasteiger partial charge in [0, 0.05) is 6.42 Å². The lowest BCUT2D eigenvalue weighted by Crippen LogP contribution is -2.42. The Bertz CT molecular complexity index is 1210. The molecular weight excluding hydrogens is 374 g/mol. The Kier molecular flexibility index (Phi) is 4.62. The SMILES string of the molecule is CC(C)(NC(=O)CCn1[nH]c(=O)c2ccccc2c1=O)c1ccc2c(c1)OCO2. The minimum Gasteiger partial charge on any atom is -0.454 e. The molecule has 2 heterocycles. The second-order valence-electron chi connectivity index (χ2n) is 7.43. The largest absolute Gasteiger partial charge is 0.454 e. The van der Waals surface area contributed by atoms with E-state index in [1.807, 2.05) is 32.0 Å². The normalized spacial score (nSPS) is 12.9. The summed E-state index contributed by atoms with van der Waals surface area (Å²) in [6.07, 6.45) is 0.0438. The Labute approximate surface area is 166 Å². The van der Waals surface area contributed by atoms with E-state index < -0.39 is 5.54 Å². The van der Waals surface area contributed by atoms with Crippen LogP contribution in [0.2, 0.25) is 0 Å². The Morgan fingerprint density at radius 3 is 2.62 bits per heavy atom. The van der Waals surface area contributed by atoms with Gasteiger partial charge in [-0.1, -0.05) is 18.2 Å². The fourth-order valence-corrected chi connectivity index (χ4v) is 3.39. The van der Waals surface area contributed by atoms with E-state index in [1.165, 1.54) is 4.68 Å². The Morgan fingerprint density at radius 1 is 1.10 bits per heavy atom. The van der Waals surface area contributed by atoms with Crippen LogP contribution in [0.5, 0.6) is 11.5 Å². The van der Waals surface area contributed by atoms with Crippen LogP contribution >= 0.6 is 0 Å². The van der Waals surface area contributed by atoms with E-state index in [4.69, 9.17) is 9.47 Å². The third kappa shape index (κ3) is 3.61. The first-order valence-electron chi connectivity index (χ1n) is 9.28. The molecule has 0 saturated heterocycles. The molecule has 8 heteroatoms. The summed E-state index contributed by atoms with van der Waals surface area (Å²) in [7, 11) is 0. The van der Waals surface area contributed by atoms with E-state index >= 15 is 0 Å². The zero-order valence-corrected chi connectivity index (χ0v) is 16.2. The monoisotopic (exact) mass is 395 g/mol. The summed E-state index contributed by atoms with van der Waals surface area (Å²) in [4.78, 5) is 37.2. The molecule has 0 atom stereocenters. The molecule has 0 fully saturated rings. The molecule has 2 aromatic carbocycles. The number of aromatic nitrogens is 2. The molecule has 1 aromatic heterocycles. The van der Waals surface area contributed by atoms with Crippen molar-refractivity contribution in [1.82, 2.24) is 15.1 Å². The van der Waals surface area contributed by atoms with Gasteiger partial charge in [-0.15, -0.1) is 0 Å². The lowest BCUT2D eigenvalue weighted by Gasteiger charge is -2.27. The summed E-state index contributed by atoms with van der Waals surface area (Å²) in [5, 5.41) is 6.16. The quantitative estimate of drug-likeness (QED) is 0.687. The van der Waals surface area contributed by atoms with Gasteiger partial charge in [0.2, 0.25) is 12.7 Å². The standard InChI is InChI=1S/C21H21N3O5/c1-21(2,13-7-8-16-17(11-13)29-12-28-16)22-18(25)9-10-24-20(27)15-6-4-3-5-14(15)19(26)23-24/h3-8,11H,9-10,12H2,1-2H3,(H,22,25)(H,23,26). The highest BCUT2D eigenvalue weighted by Gasteiger charge is 2.25. The smallest absolute Gasteiger partial charge is 0.273 e. The highest BCUT2D eigenvalue weighted by atomic mass is 16.7.